The van der Waals surface area contributed by atoms with Crippen LogP contribution in [0.15, 0.2) is 24.3 Å². The van der Waals surface area contributed by atoms with Gasteiger partial charge in [0.25, 0.3) is 0 Å². The molecule has 0 aliphatic heterocycles. The Kier molecular flexibility index (Phi) is 4.79. The summed E-state index contributed by atoms with van der Waals surface area (Å²) >= 11 is 0. The Hall–Kier alpha value is -1.55. The summed E-state index contributed by atoms with van der Waals surface area (Å²) in [7, 11) is 1.61. The van der Waals surface area contributed by atoms with Crippen LogP contribution in [-0.4, -0.2) is 29.8 Å². The average molecular weight is 223 g/mol. The summed E-state index contributed by atoms with van der Waals surface area (Å²) in [5.41, 5.74) is 0.969. The van der Waals surface area contributed by atoms with E-state index in [1.165, 1.54) is 4.90 Å². The lowest BCUT2D eigenvalue weighted by molar-refractivity contribution is -0.135. The van der Waals surface area contributed by atoms with Crippen LogP contribution >= 0.6 is 0 Å². The fourth-order valence-electron chi connectivity index (χ4n) is 1.39. The van der Waals surface area contributed by atoms with Gasteiger partial charge < -0.3 is 14.7 Å². The van der Waals surface area contributed by atoms with Gasteiger partial charge in [0.2, 0.25) is 5.91 Å². The van der Waals surface area contributed by atoms with Crippen molar-refractivity contribution in [1.29, 1.82) is 0 Å². The van der Waals surface area contributed by atoms with Crippen LogP contribution in [0.25, 0.3) is 0 Å². The van der Waals surface area contributed by atoms with Gasteiger partial charge in [-0.05, 0) is 17.7 Å². The van der Waals surface area contributed by atoms with Gasteiger partial charge in [0.15, 0.2) is 0 Å². The molecule has 0 aliphatic carbocycles. The molecule has 0 fully saturated rings. The van der Waals surface area contributed by atoms with E-state index in [0.717, 1.165) is 11.3 Å². The predicted molar refractivity (Wildman–Crippen MR) is 60.9 cm³/mol. The highest BCUT2D eigenvalue weighted by Crippen LogP contribution is 2.13. The average Bonchev–Trinajstić information content (AvgIpc) is 2.35. The van der Waals surface area contributed by atoms with E-state index in [4.69, 9.17) is 9.84 Å². The van der Waals surface area contributed by atoms with Gasteiger partial charge in [0.05, 0.1) is 7.11 Å². The quantitative estimate of drug-likeness (QED) is 0.767. The molecule has 88 valence electrons. The van der Waals surface area contributed by atoms with Crippen LogP contribution in [-0.2, 0) is 11.3 Å². The Morgan fingerprint density at radius 2 is 2.00 bits per heavy atom. The topological polar surface area (TPSA) is 49.8 Å². The van der Waals surface area contributed by atoms with E-state index in [9.17, 15) is 4.79 Å². The molecule has 1 aromatic rings. The summed E-state index contributed by atoms with van der Waals surface area (Å²) in [6.45, 7) is 1.95. The van der Waals surface area contributed by atoms with Crippen LogP contribution in [0.1, 0.15) is 18.9 Å². The summed E-state index contributed by atoms with van der Waals surface area (Å²) < 4.78 is 5.04. The van der Waals surface area contributed by atoms with E-state index in [2.05, 4.69) is 0 Å². The Morgan fingerprint density at radius 1 is 1.38 bits per heavy atom. The molecule has 16 heavy (non-hydrogen) atoms. The van der Waals surface area contributed by atoms with Crippen molar-refractivity contribution in [2.45, 2.75) is 19.9 Å². The van der Waals surface area contributed by atoms with Gasteiger partial charge in [-0.15, -0.1) is 0 Å². The molecule has 0 spiro atoms. The molecular formula is C12H17NO3. The number of aliphatic hydroxyl groups is 1. The standard InChI is InChI=1S/C12H17NO3/c1-3-12(15)13(9-14)8-10-4-6-11(16-2)7-5-10/h4-7,14H,3,8-9H2,1-2H3. The van der Waals surface area contributed by atoms with Gasteiger partial charge >= 0.3 is 0 Å². The van der Waals surface area contributed by atoms with Gasteiger partial charge in [0.1, 0.15) is 12.5 Å². The minimum absolute atomic E-state index is 0.0571. The molecule has 4 nitrogen and oxygen atoms in total. The second-order valence-corrected chi connectivity index (χ2v) is 3.43. The highest BCUT2D eigenvalue weighted by atomic mass is 16.5. The molecule has 1 rings (SSSR count). The van der Waals surface area contributed by atoms with Crippen LogP contribution in [0, 0.1) is 0 Å². The van der Waals surface area contributed by atoms with Crippen molar-refractivity contribution in [3.63, 3.8) is 0 Å². The molecular weight excluding hydrogens is 206 g/mol. The molecule has 1 aromatic carbocycles. The number of ether oxygens (including phenoxy) is 1. The molecule has 0 atom stereocenters. The second-order valence-electron chi connectivity index (χ2n) is 3.43. The van der Waals surface area contributed by atoms with E-state index in [1.807, 2.05) is 24.3 Å². The molecule has 4 heteroatoms. The third-order valence-electron chi connectivity index (χ3n) is 2.36. The van der Waals surface area contributed by atoms with Crippen molar-refractivity contribution in [2.75, 3.05) is 13.8 Å². The molecule has 0 saturated heterocycles. The molecule has 0 bridgehead atoms. The fourth-order valence-corrected chi connectivity index (χ4v) is 1.39. The van der Waals surface area contributed by atoms with Gasteiger partial charge in [-0.25, -0.2) is 0 Å². The number of hydrogen-bond acceptors (Lipinski definition) is 3. The number of amides is 1. The third-order valence-corrected chi connectivity index (χ3v) is 2.36. The maximum Gasteiger partial charge on any atom is 0.224 e. The van der Waals surface area contributed by atoms with Crippen molar-refractivity contribution in [3.8, 4) is 5.75 Å². The van der Waals surface area contributed by atoms with Gasteiger partial charge in [-0.1, -0.05) is 19.1 Å². The van der Waals surface area contributed by atoms with E-state index in [1.54, 1.807) is 14.0 Å². The third kappa shape index (κ3) is 3.24. The van der Waals surface area contributed by atoms with Crippen molar-refractivity contribution in [3.05, 3.63) is 29.8 Å². The SMILES string of the molecule is CCC(=O)N(CO)Cc1ccc(OC)cc1. The highest BCUT2D eigenvalue weighted by molar-refractivity contribution is 5.75. The van der Waals surface area contributed by atoms with Crippen molar-refractivity contribution in [2.24, 2.45) is 0 Å². The van der Waals surface area contributed by atoms with Crippen LogP contribution in [0.2, 0.25) is 0 Å². The Balaban J connectivity index is 2.66. The monoisotopic (exact) mass is 223 g/mol. The number of aliphatic hydroxyl groups excluding tert-OH is 1. The number of carbonyl (C=O) groups is 1. The van der Waals surface area contributed by atoms with Crippen molar-refractivity contribution < 1.29 is 14.6 Å². The first-order valence-electron chi connectivity index (χ1n) is 5.22. The highest BCUT2D eigenvalue weighted by Gasteiger charge is 2.10. The molecule has 0 saturated carbocycles. The number of methoxy groups -OCH3 is 1. The predicted octanol–water partition coefficient (Wildman–Crippen LogP) is 1.38. The van der Waals surface area contributed by atoms with Crippen LogP contribution in [0.4, 0.5) is 0 Å². The normalized spacial score (nSPS) is 9.94. The molecule has 0 aromatic heterocycles. The zero-order chi connectivity index (χ0) is 12.0. The van der Waals surface area contributed by atoms with E-state index < -0.39 is 0 Å². The summed E-state index contributed by atoms with van der Waals surface area (Å²) in [6.07, 6.45) is 0.400. The first kappa shape index (κ1) is 12.5. The second kappa shape index (κ2) is 6.12. The number of rotatable bonds is 5. The van der Waals surface area contributed by atoms with Crippen LogP contribution in [0.3, 0.4) is 0 Å². The fraction of sp³-hybridized carbons (Fsp3) is 0.417. The molecule has 1 N–H and O–H groups in total. The summed E-state index contributed by atoms with van der Waals surface area (Å²) in [5, 5.41) is 9.07. The minimum atomic E-state index is -0.251. The maximum absolute atomic E-state index is 11.4. The van der Waals surface area contributed by atoms with Crippen molar-refractivity contribution in [1.82, 2.24) is 4.90 Å². The number of nitrogens with zero attached hydrogens (tertiary/aromatic N) is 1. The molecule has 0 radical (unpaired) electrons. The largest absolute Gasteiger partial charge is 0.497 e. The molecule has 0 unspecified atom stereocenters. The summed E-state index contributed by atoms with van der Waals surface area (Å²) in [5.74, 6) is 0.722. The number of benzene rings is 1. The van der Waals surface area contributed by atoms with Gasteiger partial charge in [-0.2, -0.15) is 0 Å². The lowest BCUT2D eigenvalue weighted by Gasteiger charge is -2.19. The van der Waals surface area contributed by atoms with Crippen LogP contribution < -0.4 is 4.74 Å². The zero-order valence-electron chi connectivity index (χ0n) is 9.64. The summed E-state index contributed by atoms with van der Waals surface area (Å²) in [6, 6.07) is 7.43. The first-order chi connectivity index (χ1) is 7.71. The molecule has 0 aliphatic rings. The summed E-state index contributed by atoms with van der Waals surface area (Å²) in [4.78, 5) is 12.8. The van der Waals surface area contributed by atoms with E-state index in [-0.39, 0.29) is 12.6 Å². The van der Waals surface area contributed by atoms with Crippen LogP contribution in [0.5, 0.6) is 5.75 Å². The van der Waals surface area contributed by atoms with E-state index in [0.29, 0.717) is 13.0 Å². The number of hydrogen-bond donors (Lipinski definition) is 1. The molecule has 1 amide bonds. The lowest BCUT2D eigenvalue weighted by atomic mass is 10.2. The van der Waals surface area contributed by atoms with E-state index >= 15 is 0 Å². The minimum Gasteiger partial charge on any atom is -0.497 e. The molecule has 0 heterocycles. The zero-order valence-corrected chi connectivity index (χ0v) is 9.64. The Morgan fingerprint density at radius 3 is 2.44 bits per heavy atom. The van der Waals surface area contributed by atoms with Gasteiger partial charge in [0, 0.05) is 13.0 Å². The first-order valence-corrected chi connectivity index (χ1v) is 5.22. The Labute approximate surface area is 95.5 Å². The lowest BCUT2D eigenvalue weighted by Crippen LogP contribution is -2.30. The number of carbonyl (C=O) groups excluding carboxylic acids is 1. The maximum atomic E-state index is 11.4. The smallest absolute Gasteiger partial charge is 0.224 e. The van der Waals surface area contributed by atoms with Crippen molar-refractivity contribution >= 4 is 5.91 Å². The Bertz CT molecular complexity index is 335. The van der Waals surface area contributed by atoms with Gasteiger partial charge in [-0.3, -0.25) is 4.79 Å².